The largest absolute Gasteiger partial charge is 0.477 e. The number of carboxylic acids is 1. The van der Waals surface area contributed by atoms with E-state index in [9.17, 15) is 9.59 Å². The Kier molecular flexibility index (Phi) is 3.85. The molecule has 1 heterocycles. The Hall–Kier alpha value is -1.88. The molecule has 98 valence electrons. The van der Waals surface area contributed by atoms with E-state index >= 15 is 0 Å². The van der Waals surface area contributed by atoms with Crippen LogP contribution in [0.3, 0.4) is 0 Å². The van der Waals surface area contributed by atoms with Gasteiger partial charge in [0.15, 0.2) is 0 Å². The van der Waals surface area contributed by atoms with Crippen molar-refractivity contribution in [1.29, 1.82) is 0 Å². The zero-order valence-corrected chi connectivity index (χ0v) is 11.8. The minimum Gasteiger partial charge on any atom is -0.477 e. The van der Waals surface area contributed by atoms with Gasteiger partial charge in [-0.3, -0.25) is 4.79 Å². The van der Waals surface area contributed by atoms with E-state index in [0.29, 0.717) is 6.54 Å². The first-order chi connectivity index (χ1) is 8.99. The van der Waals surface area contributed by atoms with E-state index < -0.39 is 11.5 Å². The molecule has 1 N–H and O–H groups in total. The summed E-state index contributed by atoms with van der Waals surface area (Å²) in [4.78, 5) is 23.1. The predicted molar refractivity (Wildman–Crippen MR) is 75.6 cm³/mol. The Morgan fingerprint density at radius 3 is 2.68 bits per heavy atom. The third-order valence-corrected chi connectivity index (χ3v) is 3.35. The fourth-order valence-corrected chi connectivity index (χ4v) is 2.29. The summed E-state index contributed by atoms with van der Waals surface area (Å²) in [6.07, 6.45) is 0. The topological polar surface area (TPSA) is 59.3 Å². The van der Waals surface area contributed by atoms with Crippen LogP contribution in [0.15, 0.2) is 45.7 Å². The highest BCUT2D eigenvalue weighted by atomic mass is 79.9. The third-order valence-electron chi connectivity index (χ3n) is 2.85. The van der Waals surface area contributed by atoms with Gasteiger partial charge in [0.2, 0.25) is 0 Å². The molecular formula is C14H12BrNO3. The molecule has 0 fully saturated rings. The monoisotopic (exact) mass is 321 g/mol. The standard InChI is InChI=1S/C14H12BrNO3/c1-9-5-6-12(14(18)19)13(17)16(9)8-10-3-2-4-11(15)7-10/h2-7H,8H2,1H3,(H,18,19). The lowest BCUT2D eigenvalue weighted by Gasteiger charge is -2.11. The van der Waals surface area contributed by atoms with Gasteiger partial charge in [0.1, 0.15) is 5.56 Å². The van der Waals surface area contributed by atoms with Crippen molar-refractivity contribution in [2.75, 3.05) is 0 Å². The number of pyridine rings is 1. The summed E-state index contributed by atoms with van der Waals surface area (Å²) in [5, 5.41) is 8.97. The predicted octanol–water partition coefficient (Wildman–Crippen LogP) is 2.67. The third kappa shape index (κ3) is 2.93. The molecule has 0 amide bonds. The van der Waals surface area contributed by atoms with Gasteiger partial charge in [0, 0.05) is 10.2 Å². The van der Waals surface area contributed by atoms with Crippen molar-refractivity contribution in [1.82, 2.24) is 4.57 Å². The van der Waals surface area contributed by atoms with Crippen molar-refractivity contribution in [2.24, 2.45) is 0 Å². The van der Waals surface area contributed by atoms with E-state index in [1.165, 1.54) is 10.6 Å². The molecule has 0 atom stereocenters. The molecule has 0 spiro atoms. The highest BCUT2D eigenvalue weighted by Gasteiger charge is 2.12. The maximum absolute atomic E-state index is 12.1. The van der Waals surface area contributed by atoms with E-state index in [4.69, 9.17) is 5.11 Å². The lowest BCUT2D eigenvalue weighted by atomic mass is 10.2. The van der Waals surface area contributed by atoms with Gasteiger partial charge in [-0.2, -0.15) is 0 Å². The number of nitrogens with zero attached hydrogens (tertiary/aromatic N) is 1. The summed E-state index contributed by atoms with van der Waals surface area (Å²) >= 11 is 3.37. The van der Waals surface area contributed by atoms with Crippen molar-refractivity contribution >= 4 is 21.9 Å². The number of aryl methyl sites for hydroxylation is 1. The molecule has 0 aliphatic rings. The molecule has 1 aromatic carbocycles. The van der Waals surface area contributed by atoms with Gasteiger partial charge in [-0.05, 0) is 36.8 Å². The molecule has 2 aromatic rings. The number of hydrogen-bond acceptors (Lipinski definition) is 2. The zero-order valence-electron chi connectivity index (χ0n) is 10.3. The van der Waals surface area contributed by atoms with Gasteiger partial charge in [-0.1, -0.05) is 28.1 Å². The average molecular weight is 322 g/mol. The Labute approximate surface area is 118 Å². The Morgan fingerprint density at radius 1 is 1.32 bits per heavy atom. The second-order valence-corrected chi connectivity index (χ2v) is 5.13. The van der Waals surface area contributed by atoms with Crippen molar-refractivity contribution < 1.29 is 9.90 Å². The molecule has 0 radical (unpaired) electrons. The van der Waals surface area contributed by atoms with Crippen molar-refractivity contribution in [3.63, 3.8) is 0 Å². The number of rotatable bonds is 3. The lowest BCUT2D eigenvalue weighted by Crippen LogP contribution is -2.28. The number of hydrogen-bond donors (Lipinski definition) is 1. The molecule has 0 saturated heterocycles. The maximum atomic E-state index is 12.1. The number of benzene rings is 1. The van der Waals surface area contributed by atoms with Crippen LogP contribution < -0.4 is 5.56 Å². The highest BCUT2D eigenvalue weighted by Crippen LogP contribution is 2.13. The number of aromatic nitrogens is 1. The second-order valence-electron chi connectivity index (χ2n) is 4.21. The summed E-state index contributed by atoms with van der Waals surface area (Å²) in [7, 11) is 0. The molecule has 0 aliphatic heterocycles. The maximum Gasteiger partial charge on any atom is 0.341 e. The van der Waals surface area contributed by atoms with E-state index in [0.717, 1.165) is 15.7 Å². The SMILES string of the molecule is Cc1ccc(C(=O)O)c(=O)n1Cc1cccc(Br)c1. The summed E-state index contributed by atoms with van der Waals surface area (Å²) in [5.74, 6) is -1.20. The zero-order chi connectivity index (χ0) is 14.0. The molecule has 2 rings (SSSR count). The van der Waals surface area contributed by atoms with Crippen LogP contribution in [0.1, 0.15) is 21.6 Å². The summed E-state index contributed by atoms with van der Waals surface area (Å²) in [6, 6.07) is 10.6. The van der Waals surface area contributed by atoms with Gasteiger partial charge in [-0.15, -0.1) is 0 Å². The van der Waals surface area contributed by atoms with Gasteiger partial charge in [0.25, 0.3) is 5.56 Å². The van der Waals surface area contributed by atoms with Crippen LogP contribution in [0.4, 0.5) is 0 Å². The Bertz CT molecular complexity index is 691. The number of carbonyl (C=O) groups is 1. The molecule has 0 saturated carbocycles. The molecule has 4 nitrogen and oxygen atoms in total. The first kappa shape index (κ1) is 13.5. The Balaban J connectivity index is 2.48. The van der Waals surface area contributed by atoms with E-state index in [1.807, 2.05) is 24.3 Å². The molecule has 0 bridgehead atoms. The van der Waals surface area contributed by atoms with Crippen LogP contribution in [0.2, 0.25) is 0 Å². The van der Waals surface area contributed by atoms with Crippen molar-refractivity contribution in [2.45, 2.75) is 13.5 Å². The minimum atomic E-state index is -1.20. The number of carboxylic acid groups (broad SMARTS) is 1. The first-order valence-electron chi connectivity index (χ1n) is 5.67. The lowest BCUT2D eigenvalue weighted by molar-refractivity contribution is 0.0694. The van der Waals surface area contributed by atoms with Gasteiger partial charge in [-0.25, -0.2) is 4.79 Å². The quantitative estimate of drug-likeness (QED) is 0.945. The second kappa shape index (κ2) is 5.40. The minimum absolute atomic E-state index is 0.208. The molecule has 0 unspecified atom stereocenters. The van der Waals surface area contributed by atoms with Crippen LogP contribution in [0.25, 0.3) is 0 Å². The molecule has 1 aromatic heterocycles. The van der Waals surface area contributed by atoms with E-state index in [1.54, 1.807) is 13.0 Å². The fourth-order valence-electron chi connectivity index (χ4n) is 1.85. The van der Waals surface area contributed by atoms with Crippen LogP contribution in [-0.2, 0) is 6.54 Å². The average Bonchev–Trinajstić information content (AvgIpc) is 2.34. The van der Waals surface area contributed by atoms with E-state index in [-0.39, 0.29) is 5.56 Å². The number of aromatic carboxylic acids is 1. The molecular weight excluding hydrogens is 310 g/mol. The van der Waals surface area contributed by atoms with Crippen molar-refractivity contribution in [3.05, 3.63) is 68.0 Å². The van der Waals surface area contributed by atoms with E-state index in [2.05, 4.69) is 15.9 Å². The van der Waals surface area contributed by atoms with Crippen LogP contribution in [0, 0.1) is 6.92 Å². The van der Waals surface area contributed by atoms with Crippen LogP contribution in [-0.4, -0.2) is 15.6 Å². The first-order valence-corrected chi connectivity index (χ1v) is 6.46. The summed E-state index contributed by atoms with van der Waals surface area (Å²) in [5.41, 5.74) is 0.977. The Morgan fingerprint density at radius 2 is 2.05 bits per heavy atom. The number of halogens is 1. The normalized spacial score (nSPS) is 10.4. The highest BCUT2D eigenvalue weighted by molar-refractivity contribution is 9.10. The van der Waals surface area contributed by atoms with Gasteiger partial charge in [0.05, 0.1) is 6.54 Å². The molecule has 5 heteroatoms. The van der Waals surface area contributed by atoms with Crippen LogP contribution >= 0.6 is 15.9 Å². The van der Waals surface area contributed by atoms with Crippen LogP contribution in [0.5, 0.6) is 0 Å². The van der Waals surface area contributed by atoms with Crippen molar-refractivity contribution in [3.8, 4) is 0 Å². The summed E-state index contributed by atoms with van der Waals surface area (Å²) in [6.45, 7) is 2.14. The fraction of sp³-hybridized carbons (Fsp3) is 0.143. The van der Waals surface area contributed by atoms with Gasteiger partial charge >= 0.3 is 5.97 Å². The van der Waals surface area contributed by atoms with Gasteiger partial charge < -0.3 is 9.67 Å². The summed E-state index contributed by atoms with van der Waals surface area (Å²) < 4.78 is 2.38. The smallest absolute Gasteiger partial charge is 0.341 e. The molecule has 0 aliphatic carbocycles. The molecule has 19 heavy (non-hydrogen) atoms.